The van der Waals surface area contributed by atoms with Gasteiger partial charge >= 0.3 is 0 Å². The van der Waals surface area contributed by atoms with Gasteiger partial charge in [-0.15, -0.1) is 11.3 Å². The van der Waals surface area contributed by atoms with E-state index in [0.717, 1.165) is 15.9 Å². The molecule has 0 spiro atoms. The van der Waals surface area contributed by atoms with Crippen molar-refractivity contribution in [2.75, 3.05) is 7.05 Å². The third-order valence-corrected chi connectivity index (χ3v) is 3.79. The Morgan fingerprint density at radius 1 is 1.17 bits per heavy atom. The van der Waals surface area contributed by atoms with Crippen LogP contribution in [0.3, 0.4) is 0 Å². The van der Waals surface area contributed by atoms with Crippen molar-refractivity contribution < 1.29 is 0 Å². The Balaban J connectivity index is 2.07. The van der Waals surface area contributed by atoms with Gasteiger partial charge in [0.05, 0.1) is 11.6 Å². The number of nitrogens with one attached hydrogen (secondary N) is 1. The molecule has 1 unspecified atom stereocenters. The summed E-state index contributed by atoms with van der Waals surface area (Å²) in [6.45, 7) is 0. The highest BCUT2D eigenvalue weighted by Gasteiger charge is 2.14. The van der Waals surface area contributed by atoms with Crippen molar-refractivity contribution in [3.05, 3.63) is 58.7 Å². The second kappa shape index (κ2) is 4.84. The van der Waals surface area contributed by atoms with Crippen LogP contribution in [0.1, 0.15) is 16.6 Å². The average molecular weight is 255 g/mol. The quantitative estimate of drug-likeness (QED) is 0.781. The van der Waals surface area contributed by atoms with E-state index in [-0.39, 0.29) is 6.04 Å². The lowest BCUT2D eigenvalue weighted by atomic mass is 10.0. The summed E-state index contributed by atoms with van der Waals surface area (Å²) in [7, 11) is 1.96. The molecule has 0 aliphatic rings. The largest absolute Gasteiger partial charge is 0.307 e. The minimum atomic E-state index is 0.148. The highest BCUT2D eigenvalue weighted by molar-refractivity contribution is 7.09. The summed E-state index contributed by atoms with van der Waals surface area (Å²) in [5, 5.41) is 7.56. The lowest BCUT2D eigenvalue weighted by Crippen LogP contribution is -2.17. The Kier molecular flexibility index (Phi) is 3.04. The molecule has 4 heteroatoms. The molecule has 0 saturated carbocycles. The predicted octanol–water partition coefficient (Wildman–Crippen LogP) is 3.00. The Labute approximate surface area is 110 Å². The van der Waals surface area contributed by atoms with Crippen LogP contribution in [0.15, 0.2) is 48.1 Å². The maximum Gasteiger partial charge on any atom is 0.114 e. The minimum absolute atomic E-state index is 0.148. The van der Waals surface area contributed by atoms with Gasteiger partial charge in [-0.25, -0.2) is 4.98 Å². The number of nitrogens with zero attached hydrogens (tertiary/aromatic N) is 2. The smallest absolute Gasteiger partial charge is 0.114 e. The Morgan fingerprint density at radius 2 is 2.11 bits per heavy atom. The van der Waals surface area contributed by atoms with Crippen LogP contribution < -0.4 is 5.32 Å². The number of hydrogen-bond acceptors (Lipinski definition) is 4. The van der Waals surface area contributed by atoms with Crippen LogP contribution in [0.2, 0.25) is 0 Å². The van der Waals surface area contributed by atoms with Gasteiger partial charge < -0.3 is 5.32 Å². The van der Waals surface area contributed by atoms with Crippen molar-refractivity contribution in [3.63, 3.8) is 0 Å². The van der Waals surface area contributed by atoms with Gasteiger partial charge in [-0.05, 0) is 30.8 Å². The summed E-state index contributed by atoms with van der Waals surface area (Å²) in [4.78, 5) is 8.72. The molecule has 2 aromatic heterocycles. The van der Waals surface area contributed by atoms with Gasteiger partial charge in [-0.2, -0.15) is 0 Å². The maximum absolute atomic E-state index is 4.38. The van der Waals surface area contributed by atoms with Crippen LogP contribution in [0.25, 0.3) is 10.9 Å². The molecule has 2 heterocycles. The van der Waals surface area contributed by atoms with Crippen LogP contribution in [-0.4, -0.2) is 17.0 Å². The van der Waals surface area contributed by atoms with Crippen molar-refractivity contribution in [1.82, 2.24) is 15.3 Å². The monoisotopic (exact) mass is 255 g/mol. The molecule has 0 amide bonds. The molecule has 0 saturated heterocycles. The van der Waals surface area contributed by atoms with Crippen molar-refractivity contribution in [2.24, 2.45) is 0 Å². The number of rotatable bonds is 3. The van der Waals surface area contributed by atoms with Crippen LogP contribution in [-0.2, 0) is 0 Å². The normalized spacial score (nSPS) is 12.7. The molecule has 3 nitrogen and oxygen atoms in total. The second-order valence-corrected chi connectivity index (χ2v) is 4.97. The molecular weight excluding hydrogens is 242 g/mol. The van der Waals surface area contributed by atoms with E-state index >= 15 is 0 Å². The number of thiazole rings is 1. The van der Waals surface area contributed by atoms with E-state index in [9.17, 15) is 0 Å². The fourth-order valence-electron chi connectivity index (χ4n) is 2.08. The molecule has 18 heavy (non-hydrogen) atoms. The van der Waals surface area contributed by atoms with Crippen LogP contribution >= 0.6 is 11.3 Å². The van der Waals surface area contributed by atoms with E-state index in [0.29, 0.717) is 0 Å². The fourth-order valence-corrected chi connectivity index (χ4v) is 2.86. The minimum Gasteiger partial charge on any atom is -0.307 e. The molecule has 3 rings (SSSR count). The van der Waals surface area contributed by atoms with Crippen molar-refractivity contribution in [2.45, 2.75) is 6.04 Å². The highest BCUT2D eigenvalue weighted by atomic mass is 32.1. The molecular formula is C14H13N3S. The summed E-state index contributed by atoms with van der Waals surface area (Å²) in [5.41, 5.74) is 2.24. The van der Waals surface area contributed by atoms with Crippen LogP contribution in [0.4, 0.5) is 0 Å². The summed E-state index contributed by atoms with van der Waals surface area (Å²) in [6, 6.07) is 10.5. The van der Waals surface area contributed by atoms with Gasteiger partial charge in [0.1, 0.15) is 5.01 Å². The summed E-state index contributed by atoms with van der Waals surface area (Å²) < 4.78 is 0. The number of fused-ring (bicyclic) bond motifs is 1. The van der Waals surface area contributed by atoms with E-state index in [1.165, 1.54) is 5.56 Å². The van der Waals surface area contributed by atoms with E-state index in [1.807, 2.05) is 30.9 Å². The molecule has 0 aliphatic carbocycles. The Morgan fingerprint density at radius 3 is 2.89 bits per heavy atom. The molecule has 1 atom stereocenters. The molecule has 0 bridgehead atoms. The van der Waals surface area contributed by atoms with E-state index < -0.39 is 0 Å². The zero-order valence-corrected chi connectivity index (χ0v) is 10.8. The first-order valence-corrected chi connectivity index (χ1v) is 6.68. The Bertz CT molecular complexity index is 649. The number of aromatic nitrogens is 2. The molecule has 1 aromatic carbocycles. The van der Waals surface area contributed by atoms with Gasteiger partial charge in [0.15, 0.2) is 0 Å². The SMILES string of the molecule is CNC(c1ccc2ncccc2c1)c1nccs1. The third-order valence-electron chi connectivity index (χ3n) is 2.95. The van der Waals surface area contributed by atoms with Crippen molar-refractivity contribution in [1.29, 1.82) is 0 Å². The lowest BCUT2D eigenvalue weighted by Gasteiger charge is -2.14. The van der Waals surface area contributed by atoms with Gasteiger partial charge in [-0.1, -0.05) is 12.1 Å². The van der Waals surface area contributed by atoms with Crippen LogP contribution in [0.5, 0.6) is 0 Å². The topological polar surface area (TPSA) is 37.8 Å². The standard InChI is InChI=1S/C14H13N3S/c1-15-13(14-17-7-8-18-14)11-4-5-12-10(9-11)3-2-6-16-12/h2-9,13,15H,1H3. The maximum atomic E-state index is 4.38. The zero-order valence-electron chi connectivity index (χ0n) is 10.00. The van der Waals surface area contributed by atoms with Gasteiger partial charge in [-0.3, -0.25) is 4.98 Å². The molecule has 3 aromatic rings. The molecule has 0 fully saturated rings. The first-order valence-electron chi connectivity index (χ1n) is 5.80. The molecule has 0 aliphatic heterocycles. The summed E-state index contributed by atoms with van der Waals surface area (Å²) in [6.07, 6.45) is 3.66. The predicted molar refractivity (Wildman–Crippen MR) is 74.8 cm³/mol. The van der Waals surface area contributed by atoms with Gasteiger partial charge in [0.2, 0.25) is 0 Å². The zero-order chi connectivity index (χ0) is 12.4. The van der Waals surface area contributed by atoms with E-state index in [1.54, 1.807) is 11.3 Å². The van der Waals surface area contributed by atoms with E-state index in [4.69, 9.17) is 0 Å². The summed E-state index contributed by atoms with van der Waals surface area (Å²) >= 11 is 1.67. The average Bonchev–Trinajstić information content (AvgIpc) is 2.93. The fraction of sp³-hybridized carbons (Fsp3) is 0.143. The summed E-state index contributed by atoms with van der Waals surface area (Å²) in [5.74, 6) is 0. The molecule has 1 N–H and O–H groups in total. The first-order chi connectivity index (χ1) is 8.88. The highest BCUT2D eigenvalue weighted by Crippen LogP contribution is 2.25. The number of pyridine rings is 1. The van der Waals surface area contributed by atoms with Crippen LogP contribution in [0, 0.1) is 0 Å². The number of benzene rings is 1. The Hall–Kier alpha value is -1.78. The van der Waals surface area contributed by atoms with E-state index in [2.05, 4.69) is 39.6 Å². The van der Waals surface area contributed by atoms with Gasteiger partial charge in [0.25, 0.3) is 0 Å². The lowest BCUT2D eigenvalue weighted by molar-refractivity contribution is 0.687. The first kappa shape index (κ1) is 11.3. The second-order valence-electron chi connectivity index (χ2n) is 4.05. The van der Waals surface area contributed by atoms with Crippen molar-refractivity contribution >= 4 is 22.2 Å². The third kappa shape index (κ3) is 2.00. The number of hydrogen-bond donors (Lipinski definition) is 1. The van der Waals surface area contributed by atoms with Crippen molar-refractivity contribution in [3.8, 4) is 0 Å². The molecule has 0 radical (unpaired) electrons. The molecule has 90 valence electrons. The van der Waals surface area contributed by atoms with Gasteiger partial charge in [0, 0.05) is 23.2 Å².